The molecule has 2 N–H and O–H groups in total. The summed E-state index contributed by atoms with van der Waals surface area (Å²) in [6, 6.07) is 0.726. The average molecular weight is 224 g/mol. The standard InChI is InChI=1S/C11H16N2OS/c1-8(11-5-12-7-15-11)13-10-3-2-9(4-10)6-14/h2-3,5,7-10,13-14H,4,6H2,1H3/t8?,9-,10+/m0/s1. The van der Waals surface area contributed by atoms with Gasteiger partial charge in [-0.3, -0.25) is 4.98 Å². The van der Waals surface area contributed by atoms with Gasteiger partial charge in [0.05, 0.1) is 5.51 Å². The number of nitrogens with zero attached hydrogens (tertiary/aromatic N) is 1. The fourth-order valence-electron chi connectivity index (χ4n) is 1.88. The van der Waals surface area contributed by atoms with Gasteiger partial charge in [-0.1, -0.05) is 12.2 Å². The highest BCUT2D eigenvalue weighted by molar-refractivity contribution is 7.09. The van der Waals surface area contributed by atoms with Crippen LogP contribution in [0.1, 0.15) is 24.3 Å². The van der Waals surface area contributed by atoms with E-state index in [1.165, 1.54) is 4.88 Å². The number of aliphatic hydroxyl groups excluding tert-OH is 1. The molecule has 1 aromatic rings. The maximum atomic E-state index is 9.01. The molecule has 0 saturated carbocycles. The van der Waals surface area contributed by atoms with Crippen LogP contribution in [0.25, 0.3) is 0 Å². The fraction of sp³-hybridized carbons (Fsp3) is 0.545. The summed E-state index contributed by atoms with van der Waals surface area (Å²) in [4.78, 5) is 5.33. The van der Waals surface area contributed by atoms with E-state index in [1.54, 1.807) is 11.3 Å². The van der Waals surface area contributed by atoms with Crippen molar-refractivity contribution in [3.05, 3.63) is 28.7 Å². The SMILES string of the molecule is CC(N[C@@H]1C=C[C@H](CO)C1)c1cncs1. The van der Waals surface area contributed by atoms with Crippen LogP contribution in [0.2, 0.25) is 0 Å². The molecule has 1 aromatic heterocycles. The van der Waals surface area contributed by atoms with Crippen molar-refractivity contribution in [1.29, 1.82) is 0 Å². The van der Waals surface area contributed by atoms with Gasteiger partial charge in [-0.25, -0.2) is 0 Å². The van der Waals surface area contributed by atoms with Gasteiger partial charge in [-0.05, 0) is 13.3 Å². The van der Waals surface area contributed by atoms with E-state index in [4.69, 9.17) is 5.11 Å². The summed E-state index contributed by atoms with van der Waals surface area (Å²) < 4.78 is 0. The van der Waals surface area contributed by atoms with Gasteiger partial charge in [0.25, 0.3) is 0 Å². The first kappa shape index (κ1) is 10.8. The monoisotopic (exact) mass is 224 g/mol. The molecule has 1 aliphatic carbocycles. The van der Waals surface area contributed by atoms with Crippen LogP contribution in [0.15, 0.2) is 23.9 Å². The largest absolute Gasteiger partial charge is 0.396 e. The van der Waals surface area contributed by atoms with E-state index in [9.17, 15) is 0 Å². The minimum absolute atomic E-state index is 0.254. The van der Waals surface area contributed by atoms with Gasteiger partial charge < -0.3 is 10.4 Å². The van der Waals surface area contributed by atoms with E-state index >= 15 is 0 Å². The Kier molecular flexibility index (Phi) is 3.51. The van der Waals surface area contributed by atoms with Crippen LogP contribution < -0.4 is 5.32 Å². The van der Waals surface area contributed by atoms with Crippen molar-refractivity contribution in [2.24, 2.45) is 5.92 Å². The zero-order valence-electron chi connectivity index (χ0n) is 8.76. The second-order valence-electron chi connectivity index (χ2n) is 3.96. The number of nitrogens with one attached hydrogen (secondary N) is 1. The Hall–Kier alpha value is -0.710. The van der Waals surface area contributed by atoms with Gasteiger partial charge in [0, 0.05) is 35.7 Å². The molecule has 0 amide bonds. The first-order valence-electron chi connectivity index (χ1n) is 5.23. The van der Waals surface area contributed by atoms with Gasteiger partial charge in [-0.15, -0.1) is 11.3 Å². The Morgan fingerprint density at radius 1 is 1.67 bits per heavy atom. The molecular formula is C11H16N2OS. The molecule has 0 bridgehead atoms. The number of rotatable bonds is 4. The second-order valence-corrected chi connectivity index (χ2v) is 4.88. The molecule has 0 aliphatic heterocycles. The van der Waals surface area contributed by atoms with Gasteiger partial charge in [0.2, 0.25) is 0 Å². The summed E-state index contributed by atoms with van der Waals surface area (Å²) in [6.45, 7) is 2.40. The molecule has 0 spiro atoms. The minimum Gasteiger partial charge on any atom is -0.396 e. The number of thiazole rings is 1. The normalized spacial score (nSPS) is 27.1. The summed E-state index contributed by atoms with van der Waals surface area (Å²) in [5, 5.41) is 12.5. The Morgan fingerprint density at radius 2 is 2.53 bits per heavy atom. The van der Waals surface area contributed by atoms with Crippen molar-refractivity contribution in [2.45, 2.75) is 25.4 Å². The zero-order chi connectivity index (χ0) is 10.7. The smallest absolute Gasteiger partial charge is 0.0794 e. The van der Waals surface area contributed by atoms with E-state index in [0.29, 0.717) is 18.0 Å². The van der Waals surface area contributed by atoms with E-state index in [0.717, 1.165) is 6.42 Å². The maximum absolute atomic E-state index is 9.01. The molecule has 0 aromatic carbocycles. The van der Waals surface area contributed by atoms with Crippen LogP contribution in [-0.4, -0.2) is 22.7 Å². The molecule has 3 atom stereocenters. The third kappa shape index (κ3) is 2.65. The quantitative estimate of drug-likeness (QED) is 0.766. The van der Waals surface area contributed by atoms with Crippen LogP contribution in [0.5, 0.6) is 0 Å². The van der Waals surface area contributed by atoms with Crippen LogP contribution >= 0.6 is 11.3 Å². The fourth-order valence-corrected chi connectivity index (χ4v) is 2.51. The Labute approximate surface area is 93.9 Å². The molecule has 0 fully saturated rings. The van der Waals surface area contributed by atoms with E-state index < -0.39 is 0 Å². The Bertz CT molecular complexity index is 323. The van der Waals surface area contributed by atoms with Crippen LogP contribution in [0, 0.1) is 5.92 Å². The van der Waals surface area contributed by atoms with Crippen LogP contribution in [0.3, 0.4) is 0 Å². The Morgan fingerprint density at radius 3 is 3.13 bits per heavy atom. The lowest BCUT2D eigenvalue weighted by molar-refractivity contribution is 0.245. The highest BCUT2D eigenvalue weighted by atomic mass is 32.1. The molecule has 3 nitrogen and oxygen atoms in total. The van der Waals surface area contributed by atoms with Crippen molar-refractivity contribution in [3.8, 4) is 0 Å². The topological polar surface area (TPSA) is 45.1 Å². The highest BCUT2D eigenvalue weighted by Gasteiger charge is 2.20. The lowest BCUT2D eigenvalue weighted by atomic mass is 10.1. The van der Waals surface area contributed by atoms with Crippen molar-refractivity contribution in [3.63, 3.8) is 0 Å². The second kappa shape index (κ2) is 4.88. The van der Waals surface area contributed by atoms with E-state index in [1.807, 2.05) is 11.7 Å². The van der Waals surface area contributed by atoms with E-state index in [-0.39, 0.29) is 6.61 Å². The molecule has 1 unspecified atom stereocenters. The first-order chi connectivity index (χ1) is 7.29. The third-order valence-corrected chi connectivity index (χ3v) is 3.71. The Balaban J connectivity index is 1.86. The minimum atomic E-state index is 0.254. The molecule has 0 radical (unpaired) electrons. The van der Waals surface area contributed by atoms with Crippen LogP contribution in [0.4, 0.5) is 0 Å². The number of hydrogen-bond acceptors (Lipinski definition) is 4. The lowest BCUT2D eigenvalue weighted by Gasteiger charge is -2.17. The number of aromatic nitrogens is 1. The van der Waals surface area contributed by atoms with Crippen molar-refractivity contribution in [1.82, 2.24) is 10.3 Å². The number of hydrogen-bond donors (Lipinski definition) is 2. The highest BCUT2D eigenvalue weighted by Crippen LogP contribution is 2.22. The van der Waals surface area contributed by atoms with Gasteiger partial charge >= 0.3 is 0 Å². The predicted octanol–water partition coefficient (Wildman–Crippen LogP) is 1.73. The van der Waals surface area contributed by atoms with Crippen molar-refractivity contribution in [2.75, 3.05) is 6.61 Å². The molecular weight excluding hydrogens is 208 g/mol. The summed E-state index contributed by atoms with van der Waals surface area (Å²) in [7, 11) is 0. The molecule has 82 valence electrons. The van der Waals surface area contributed by atoms with E-state index in [2.05, 4.69) is 29.4 Å². The molecule has 1 heterocycles. The summed E-state index contributed by atoms with van der Waals surface area (Å²) in [6.07, 6.45) is 7.15. The maximum Gasteiger partial charge on any atom is 0.0794 e. The molecule has 2 rings (SSSR count). The molecule has 0 saturated heterocycles. The third-order valence-electron chi connectivity index (χ3n) is 2.75. The molecule has 15 heavy (non-hydrogen) atoms. The summed E-state index contributed by atoms with van der Waals surface area (Å²) >= 11 is 1.67. The lowest BCUT2D eigenvalue weighted by Crippen LogP contribution is -2.28. The zero-order valence-corrected chi connectivity index (χ0v) is 9.57. The summed E-state index contributed by atoms with van der Waals surface area (Å²) in [5.74, 6) is 0.330. The predicted molar refractivity (Wildman–Crippen MR) is 61.8 cm³/mol. The van der Waals surface area contributed by atoms with Crippen molar-refractivity contribution < 1.29 is 5.11 Å². The summed E-state index contributed by atoms with van der Waals surface area (Å²) in [5.41, 5.74) is 1.86. The van der Waals surface area contributed by atoms with Crippen LogP contribution in [-0.2, 0) is 0 Å². The van der Waals surface area contributed by atoms with Gasteiger partial charge in [0.1, 0.15) is 0 Å². The molecule has 1 aliphatic rings. The van der Waals surface area contributed by atoms with Gasteiger partial charge in [-0.2, -0.15) is 0 Å². The average Bonchev–Trinajstić information content (AvgIpc) is 2.87. The molecule has 4 heteroatoms. The first-order valence-corrected chi connectivity index (χ1v) is 6.11. The number of aliphatic hydroxyl groups is 1. The van der Waals surface area contributed by atoms with Gasteiger partial charge in [0.15, 0.2) is 0 Å². The van der Waals surface area contributed by atoms with Crippen molar-refractivity contribution >= 4 is 11.3 Å².